The van der Waals surface area contributed by atoms with Crippen LogP contribution in [0.3, 0.4) is 0 Å². The number of nitrogens with zero attached hydrogens (tertiary/aromatic N) is 1. The van der Waals surface area contributed by atoms with Gasteiger partial charge >= 0.3 is 0 Å². The Kier molecular flexibility index (Phi) is 9.65. The van der Waals surface area contributed by atoms with Crippen molar-refractivity contribution in [2.24, 2.45) is 5.41 Å². The van der Waals surface area contributed by atoms with Gasteiger partial charge < -0.3 is 0 Å². The summed E-state index contributed by atoms with van der Waals surface area (Å²) in [6, 6.07) is 19.1. The van der Waals surface area contributed by atoms with Crippen molar-refractivity contribution >= 4 is 24.6 Å². The van der Waals surface area contributed by atoms with E-state index < -0.39 is 0 Å². The molecule has 0 radical (unpaired) electrons. The highest BCUT2D eigenvalue weighted by atomic mass is 35.5. The van der Waals surface area contributed by atoms with Gasteiger partial charge in [0.1, 0.15) is 0 Å². The molecule has 0 aromatic heterocycles. The summed E-state index contributed by atoms with van der Waals surface area (Å²) in [6.07, 6.45) is 8.40. The van der Waals surface area contributed by atoms with Crippen molar-refractivity contribution in [2.45, 2.75) is 27.3 Å². The van der Waals surface area contributed by atoms with Crippen molar-refractivity contribution in [1.82, 2.24) is 4.90 Å². The Morgan fingerprint density at radius 1 is 0.926 bits per heavy atom. The maximum Gasteiger partial charge on any atom is 0.0234 e. The van der Waals surface area contributed by atoms with Gasteiger partial charge in [-0.25, -0.2) is 0 Å². The van der Waals surface area contributed by atoms with Crippen molar-refractivity contribution in [3.8, 4) is 11.8 Å². The van der Waals surface area contributed by atoms with Gasteiger partial charge in [-0.3, -0.25) is 4.90 Å². The van der Waals surface area contributed by atoms with Crippen LogP contribution >= 0.6 is 12.4 Å². The fourth-order valence-corrected chi connectivity index (χ4v) is 2.48. The van der Waals surface area contributed by atoms with Gasteiger partial charge in [0.25, 0.3) is 0 Å². The van der Waals surface area contributed by atoms with Gasteiger partial charge in [0.2, 0.25) is 0 Å². The Bertz CT molecular complexity index is 801. The molecule has 0 aliphatic rings. The second-order valence-electron chi connectivity index (χ2n) is 7.61. The number of benzene rings is 2. The van der Waals surface area contributed by atoms with Crippen LogP contribution in [-0.4, -0.2) is 18.5 Å². The van der Waals surface area contributed by atoms with E-state index in [-0.39, 0.29) is 17.8 Å². The summed E-state index contributed by atoms with van der Waals surface area (Å²) in [5, 5.41) is 0. The van der Waals surface area contributed by atoms with Gasteiger partial charge in [-0.15, -0.1) is 12.4 Å². The molecular weight excluding hydrogens is 350 g/mol. The lowest BCUT2D eigenvalue weighted by molar-refractivity contribution is 0.363. The molecule has 2 aromatic rings. The molecule has 0 saturated heterocycles. The van der Waals surface area contributed by atoms with Gasteiger partial charge in [-0.2, -0.15) is 0 Å². The van der Waals surface area contributed by atoms with Crippen molar-refractivity contribution < 1.29 is 0 Å². The van der Waals surface area contributed by atoms with Crippen molar-refractivity contribution in [3.63, 3.8) is 0 Å². The Morgan fingerprint density at radius 2 is 1.59 bits per heavy atom. The molecule has 0 fully saturated rings. The van der Waals surface area contributed by atoms with Crippen LogP contribution in [0.1, 0.15) is 37.5 Å². The van der Waals surface area contributed by atoms with Gasteiger partial charge in [0, 0.05) is 18.5 Å². The number of hydrogen-bond acceptors (Lipinski definition) is 1. The molecule has 2 aromatic carbocycles. The minimum Gasteiger partial charge on any atom is -0.298 e. The predicted octanol–water partition coefficient (Wildman–Crippen LogP) is 6.32. The SMILES string of the molecule is CN(CC=CC#CC(C)(C)C)Cc1cccc(C=Cc2ccccc2)c1.Cl. The summed E-state index contributed by atoms with van der Waals surface area (Å²) in [5.41, 5.74) is 3.82. The topological polar surface area (TPSA) is 3.24 Å². The van der Waals surface area contributed by atoms with Gasteiger partial charge in [-0.05, 0) is 50.6 Å². The average molecular weight is 380 g/mol. The highest BCUT2D eigenvalue weighted by Gasteiger charge is 2.02. The molecule has 0 spiro atoms. The number of hydrogen-bond donors (Lipinski definition) is 0. The number of likely N-dealkylation sites (N-methyl/N-ethyl adjacent to an activating group) is 1. The Labute approximate surface area is 171 Å². The molecule has 142 valence electrons. The average Bonchev–Trinajstić information content (AvgIpc) is 2.60. The number of halogens is 1. The largest absolute Gasteiger partial charge is 0.298 e. The van der Waals surface area contributed by atoms with Crippen LogP contribution in [0.5, 0.6) is 0 Å². The summed E-state index contributed by atoms with van der Waals surface area (Å²) in [4.78, 5) is 2.29. The van der Waals surface area contributed by atoms with E-state index in [2.05, 4.69) is 111 Å². The highest BCUT2D eigenvalue weighted by Crippen LogP contribution is 2.12. The van der Waals surface area contributed by atoms with E-state index in [1.54, 1.807) is 0 Å². The quantitative estimate of drug-likeness (QED) is 0.419. The molecule has 0 aliphatic heterocycles. The van der Waals surface area contributed by atoms with Gasteiger partial charge in [0.05, 0.1) is 0 Å². The van der Waals surface area contributed by atoms with E-state index in [1.165, 1.54) is 16.7 Å². The standard InChI is InChI=1S/C25H29N.ClH/c1-25(2,3)18-9-6-10-19-26(4)21-24-15-11-14-23(20-24)17-16-22-12-7-5-8-13-22;/h5-8,10-17,20H,19,21H2,1-4H3;1H. The molecule has 0 bridgehead atoms. The van der Waals surface area contributed by atoms with Gasteiger partial charge in [-0.1, -0.05) is 84.7 Å². The zero-order valence-corrected chi connectivity index (χ0v) is 17.6. The van der Waals surface area contributed by atoms with Gasteiger partial charge in [0.15, 0.2) is 0 Å². The summed E-state index contributed by atoms with van der Waals surface area (Å²) < 4.78 is 0. The smallest absolute Gasteiger partial charge is 0.0234 e. The Morgan fingerprint density at radius 3 is 2.30 bits per heavy atom. The third kappa shape index (κ3) is 9.85. The maximum atomic E-state index is 3.22. The molecule has 0 aliphatic carbocycles. The fraction of sp³-hybridized carbons (Fsp3) is 0.280. The zero-order chi connectivity index (χ0) is 18.8. The van der Waals surface area contributed by atoms with E-state index in [0.717, 1.165) is 13.1 Å². The van der Waals surface area contributed by atoms with Crippen LogP contribution < -0.4 is 0 Å². The van der Waals surface area contributed by atoms with Crippen LogP contribution in [0.15, 0.2) is 66.7 Å². The van der Waals surface area contributed by atoms with E-state index in [9.17, 15) is 0 Å². The molecule has 0 heterocycles. The Hall–Kier alpha value is -2.27. The minimum absolute atomic E-state index is 0. The van der Waals surface area contributed by atoms with E-state index in [0.29, 0.717) is 0 Å². The van der Waals surface area contributed by atoms with Crippen molar-refractivity contribution in [2.75, 3.05) is 13.6 Å². The van der Waals surface area contributed by atoms with E-state index in [4.69, 9.17) is 0 Å². The first-order valence-electron chi connectivity index (χ1n) is 9.11. The number of allylic oxidation sites excluding steroid dienone is 1. The van der Waals surface area contributed by atoms with Crippen LogP contribution in [0.2, 0.25) is 0 Å². The van der Waals surface area contributed by atoms with E-state index in [1.807, 2.05) is 12.1 Å². The molecule has 0 unspecified atom stereocenters. The summed E-state index contributed by atoms with van der Waals surface area (Å²) in [5.74, 6) is 6.34. The summed E-state index contributed by atoms with van der Waals surface area (Å²) in [7, 11) is 2.13. The van der Waals surface area contributed by atoms with E-state index >= 15 is 0 Å². The summed E-state index contributed by atoms with van der Waals surface area (Å²) in [6.45, 7) is 8.19. The first-order valence-corrected chi connectivity index (χ1v) is 9.11. The first kappa shape index (κ1) is 22.8. The van der Waals surface area contributed by atoms with Crippen molar-refractivity contribution in [3.05, 3.63) is 83.4 Å². The normalized spacial score (nSPS) is 11.4. The molecule has 0 atom stereocenters. The second kappa shape index (κ2) is 11.4. The lowest BCUT2D eigenvalue weighted by Crippen LogP contribution is -2.17. The predicted molar refractivity (Wildman–Crippen MR) is 122 cm³/mol. The highest BCUT2D eigenvalue weighted by molar-refractivity contribution is 5.85. The molecule has 0 saturated carbocycles. The molecule has 0 N–H and O–H groups in total. The second-order valence-corrected chi connectivity index (χ2v) is 7.61. The lowest BCUT2D eigenvalue weighted by Gasteiger charge is -2.14. The van der Waals surface area contributed by atoms with Crippen molar-refractivity contribution in [1.29, 1.82) is 0 Å². The lowest BCUT2D eigenvalue weighted by atomic mass is 9.98. The third-order valence-electron chi connectivity index (χ3n) is 3.74. The molecule has 2 heteroatoms. The monoisotopic (exact) mass is 379 g/mol. The van der Waals surface area contributed by atoms with Crippen LogP contribution in [-0.2, 0) is 6.54 Å². The molecule has 2 rings (SSSR count). The minimum atomic E-state index is 0. The molecule has 0 amide bonds. The van der Waals surface area contributed by atoms with Crippen LogP contribution in [0, 0.1) is 17.3 Å². The zero-order valence-electron chi connectivity index (χ0n) is 16.8. The van der Waals surface area contributed by atoms with Crippen LogP contribution in [0.4, 0.5) is 0 Å². The van der Waals surface area contributed by atoms with Crippen LogP contribution in [0.25, 0.3) is 12.2 Å². The molecule has 1 nitrogen and oxygen atoms in total. The maximum absolute atomic E-state index is 3.22. The summed E-state index contributed by atoms with van der Waals surface area (Å²) >= 11 is 0. The fourth-order valence-electron chi connectivity index (χ4n) is 2.48. The molecule has 27 heavy (non-hydrogen) atoms. The third-order valence-corrected chi connectivity index (χ3v) is 3.74. The first-order chi connectivity index (χ1) is 12.4. The Balaban J connectivity index is 0.00000364. The molecular formula is C25H30ClN. The number of rotatable bonds is 6.